The first-order chi connectivity index (χ1) is 9.82. The molecule has 0 spiro atoms. The number of imide groups is 1. The summed E-state index contributed by atoms with van der Waals surface area (Å²) < 4.78 is 0. The number of ketones is 2. The molecule has 1 aromatic carbocycles. The number of Topliss-reactive ketones (excluding diaryl/α,β-unsaturated/α-hetero) is 2. The van der Waals surface area contributed by atoms with Crippen molar-refractivity contribution in [3.8, 4) is 0 Å². The molecule has 21 heavy (non-hydrogen) atoms. The number of nitrogens with zero attached hydrogens (tertiary/aromatic N) is 1. The minimum Gasteiger partial charge on any atom is -0.299 e. The summed E-state index contributed by atoms with van der Waals surface area (Å²) in [6.45, 7) is 2.52. The average molecular weight is 308 g/mol. The summed E-state index contributed by atoms with van der Waals surface area (Å²) in [7, 11) is 0. The van der Waals surface area contributed by atoms with E-state index in [0.717, 1.165) is 4.90 Å². The molecule has 1 heterocycles. The van der Waals surface area contributed by atoms with Crippen LogP contribution >= 0.6 is 11.6 Å². The Labute approximate surface area is 126 Å². The molecule has 0 bridgehead atoms. The van der Waals surface area contributed by atoms with E-state index < -0.39 is 35.2 Å². The lowest BCUT2D eigenvalue weighted by atomic mass is 9.85. The van der Waals surface area contributed by atoms with Gasteiger partial charge in [0.05, 0.1) is 17.5 Å². The molecule has 2 rings (SSSR count). The Kier molecular flexibility index (Phi) is 4.23. The van der Waals surface area contributed by atoms with Gasteiger partial charge in [0.25, 0.3) is 0 Å². The van der Waals surface area contributed by atoms with Gasteiger partial charge in [0, 0.05) is 11.4 Å². The van der Waals surface area contributed by atoms with Crippen molar-refractivity contribution >= 4 is 40.7 Å². The van der Waals surface area contributed by atoms with Gasteiger partial charge in [0.1, 0.15) is 11.6 Å². The Hall–Kier alpha value is -2.01. The fourth-order valence-corrected chi connectivity index (χ4v) is 2.76. The number of anilines is 1. The number of benzene rings is 1. The molecule has 1 saturated heterocycles. The van der Waals surface area contributed by atoms with Crippen LogP contribution in [-0.2, 0) is 19.2 Å². The van der Waals surface area contributed by atoms with Crippen LogP contribution in [0.5, 0.6) is 0 Å². The van der Waals surface area contributed by atoms with Crippen molar-refractivity contribution < 1.29 is 19.2 Å². The van der Waals surface area contributed by atoms with Gasteiger partial charge in [-0.25, -0.2) is 0 Å². The van der Waals surface area contributed by atoms with Gasteiger partial charge in [-0.05, 0) is 38.1 Å². The fourth-order valence-electron chi connectivity index (χ4n) is 2.63. The van der Waals surface area contributed by atoms with Gasteiger partial charge in [-0.3, -0.25) is 24.1 Å². The van der Waals surface area contributed by atoms with Gasteiger partial charge < -0.3 is 0 Å². The lowest BCUT2D eigenvalue weighted by molar-refractivity contribution is -0.137. The molecule has 0 aromatic heterocycles. The van der Waals surface area contributed by atoms with Crippen molar-refractivity contribution in [1.82, 2.24) is 0 Å². The number of amides is 2. The summed E-state index contributed by atoms with van der Waals surface area (Å²) in [5, 5.41) is 0.486. The maximum atomic E-state index is 12.4. The molecule has 1 unspecified atom stereocenters. The van der Waals surface area contributed by atoms with E-state index in [2.05, 4.69) is 0 Å². The molecular formula is C15H14ClNO4. The van der Waals surface area contributed by atoms with Crippen LogP contribution in [0.2, 0.25) is 5.02 Å². The van der Waals surface area contributed by atoms with Crippen LogP contribution in [0.4, 0.5) is 5.69 Å². The summed E-state index contributed by atoms with van der Waals surface area (Å²) in [6.07, 6.45) is -0.134. The zero-order valence-electron chi connectivity index (χ0n) is 11.6. The first kappa shape index (κ1) is 15.4. The number of hydrogen-bond donors (Lipinski definition) is 0. The molecule has 1 aliphatic heterocycles. The molecule has 5 nitrogen and oxygen atoms in total. The second-order valence-electron chi connectivity index (χ2n) is 5.05. The predicted octanol–water partition coefficient (Wildman–Crippen LogP) is 2.01. The predicted molar refractivity (Wildman–Crippen MR) is 76.9 cm³/mol. The lowest BCUT2D eigenvalue weighted by Crippen LogP contribution is -2.36. The topological polar surface area (TPSA) is 71.5 Å². The van der Waals surface area contributed by atoms with Gasteiger partial charge >= 0.3 is 0 Å². The molecule has 110 valence electrons. The summed E-state index contributed by atoms with van der Waals surface area (Å²) in [5.74, 6) is -3.70. The van der Waals surface area contributed by atoms with Crippen molar-refractivity contribution in [1.29, 1.82) is 0 Å². The normalized spacial score (nSPS) is 18.5. The molecule has 0 radical (unpaired) electrons. The molecule has 1 aromatic rings. The third kappa shape index (κ3) is 2.88. The number of rotatable bonds is 4. The smallest absolute Gasteiger partial charge is 0.238 e. The third-order valence-corrected chi connectivity index (χ3v) is 3.80. The van der Waals surface area contributed by atoms with Crippen molar-refractivity contribution in [2.45, 2.75) is 20.3 Å². The van der Waals surface area contributed by atoms with E-state index in [-0.39, 0.29) is 6.42 Å². The van der Waals surface area contributed by atoms with Crippen LogP contribution in [0.25, 0.3) is 0 Å². The van der Waals surface area contributed by atoms with Crippen molar-refractivity contribution in [3.63, 3.8) is 0 Å². The molecule has 0 saturated carbocycles. The standard InChI is InChI=1S/C15H14ClNO4/c1-8(18)14(9(2)19)12-7-13(20)17(15(12)21)11-5-3-10(16)4-6-11/h3-6,12,14H,7H2,1-2H3. The Bertz CT molecular complexity index is 609. The second kappa shape index (κ2) is 5.77. The number of carbonyl (C=O) groups excluding carboxylic acids is 4. The Morgan fingerprint density at radius 3 is 2.14 bits per heavy atom. The van der Waals surface area contributed by atoms with Crippen LogP contribution in [0.3, 0.4) is 0 Å². The zero-order valence-corrected chi connectivity index (χ0v) is 12.4. The maximum Gasteiger partial charge on any atom is 0.238 e. The first-order valence-corrected chi connectivity index (χ1v) is 6.84. The van der Waals surface area contributed by atoms with E-state index in [1.807, 2.05) is 0 Å². The monoisotopic (exact) mass is 307 g/mol. The second-order valence-corrected chi connectivity index (χ2v) is 5.49. The summed E-state index contributed by atoms with van der Waals surface area (Å²) in [5.41, 5.74) is 0.391. The van der Waals surface area contributed by atoms with Crippen LogP contribution in [-0.4, -0.2) is 23.4 Å². The molecule has 1 atom stereocenters. The highest BCUT2D eigenvalue weighted by atomic mass is 35.5. The lowest BCUT2D eigenvalue weighted by Gasteiger charge is -2.18. The summed E-state index contributed by atoms with van der Waals surface area (Å²) >= 11 is 5.78. The van der Waals surface area contributed by atoms with E-state index in [4.69, 9.17) is 11.6 Å². The molecule has 1 fully saturated rings. The molecule has 6 heteroatoms. The molecule has 2 amide bonds. The average Bonchev–Trinajstić information content (AvgIpc) is 2.66. The number of halogens is 1. The zero-order chi connectivity index (χ0) is 15.7. The van der Waals surface area contributed by atoms with Crippen molar-refractivity contribution in [2.24, 2.45) is 11.8 Å². The Balaban J connectivity index is 2.34. The highest BCUT2D eigenvalue weighted by Crippen LogP contribution is 2.32. The highest BCUT2D eigenvalue weighted by Gasteiger charge is 2.46. The molecular weight excluding hydrogens is 294 g/mol. The maximum absolute atomic E-state index is 12.4. The number of hydrogen-bond acceptors (Lipinski definition) is 4. The third-order valence-electron chi connectivity index (χ3n) is 3.54. The van der Waals surface area contributed by atoms with Gasteiger partial charge in [0.15, 0.2) is 0 Å². The minimum absolute atomic E-state index is 0.134. The van der Waals surface area contributed by atoms with E-state index in [9.17, 15) is 19.2 Å². The highest BCUT2D eigenvalue weighted by molar-refractivity contribution is 6.30. The van der Waals surface area contributed by atoms with E-state index >= 15 is 0 Å². The van der Waals surface area contributed by atoms with Crippen molar-refractivity contribution in [2.75, 3.05) is 4.90 Å². The largest absolute Gasteiger partial charge is 0.299 e. The van der Waals surface area contributed by atoms with E-state index in [1.165, 1.54) is 13.8 Å². The van der Waals surface area contributed by atoms with Gasteiger partial charge in [-0.1, -0.05) is 11.6 Å². The van der Waals surface area contributed by atoms with Crippen LogP contribution in [0.1, 0.15) is 20.3 Å². The van der Waals surface area contributed by atoms with Crippen LogP contribution < -0.4 is 4.90 Å². The minimum atomic E-state index is -1.06. The number of carbonyl (C=O) groups is 4. The Morgan fingerprint density at radius 2 is 1.67 bits per heavy atom. The van der Waals surface area contributed by atoms with Gasteiger partial charge in [0.2, 0.25) is 11.8 Å². The fraction of sp³-hybridized carbons (Fsp3) is 0.333. The van der Waals surface area contributed by atoms with Crippen LogP contribution in [0.15, 0.2) is 24.3 Å². The van der Waals surface area contributed by atoms with Gasteiger partial charge in [-0.15, -0.1) is 0 Å². The quantitative estimate of drug-likeness (QED) is 0.630. The molecule has 0 N–H and O–H groups in total. The van der Waals surface area contributed by atoms with E-state index in [1.54, 1.807) is 24.3 Å². The first-order valence-electron chi connectivity index (χ1n) is 6.46. The molecule has 1 aliphatic rings. The Morgan fingerprint density at radius 1 is 1.14 bits per heavy atom. The van der Waals surface area contributed by atoms with Crippen LogP contribution in [0, 0.1) is 11.8 Å². The molecule has 0 aliphatic carbocycles. The van der Waals surface area contributed by atoms with Gasteiger partial charge in [-0.2, -0.15) is 0 Å². The summed E-state index contributed by atoms with van der Waals surface area (Å²) in [6, 6.07) is 6.24. The SMILES string of the molecule is CC(=O)C(C(C)=O)C1CC(=O)N(c2ccc(Cl)cc2)C1=O. The van der Waals surface area contributed by atoms with Crippen molar-refractivity contribution in [3.05, 3.63) is 29.3 Å². The van der Waals surface area contributed by atoms with E-state index in [0.29, 0.717) is 10.7 Å². The summed E-state index contributed by atoms with van der Waals surface area (Å²) in [4.78, 5) is 48.7.